The normalized spacial score (nSPS) is 36.7. The third-order valence-corrected chi connectivity index (χ3v) is 17.4. The number of aliphatic hydroxyl groups is 1. The Bertz CT molecular complexity index is 3830. The predicted octanol–water partition coefficient (Wildman–Crippen LogP) is -10.0. The Balaban J connectivity index is 1.69. The van der Waals surface area contributed by atoms with Crippen molar-refractivity contribution in [1.29, 1.82) is 0 Å². The number of carbonyl (C=O) groups is 2. The molecular weight excluding hydrogens is 1590 g/mol. The summed E-state index contributed by atoms with van der Waals surface area (Å²) in [4.78, 5) is 26.6. The Morgan fingerprint density at radius 3 is 0.818 bits per heavy atom. The quantitative estimate of drug-likeness (QED) is 0.0259. The van der Waals surface area contributed by atoms with E-state index in [1.54, 1.807) is 0 Å². The van der Waals surface area contributed by atoms with Gasteiger partial charge >= 0.3 is 106 Å². The van der Waals surface area contributed by atoms with E-state index in [4.69, 9.17) is 70.5 Å². The third kappa shape index (κ3) is 25.7. The van der Waals surface area contributed by atoms with Gasteiger partial charge in [0.05, 0.1) is 19.8 Å². The molecule has 64 heteroatoms. The van der Waals surface area contributed by atoms with Gasteiger partial charge in [-0.3, -0.25) is 41.0 Å². The fourth-order valence-electron chi connectivity index (χ4n) is 10.0. The lowest BCUT2D eigenvalue weighted by Crippen LogP contribution is -2.70. The number of carboxylic acids is 2. The van der Waals surface area contributed by atoms with Crippen molar-refractivity contribution in [1.82, 2.24) is 0 Å². The standard InChI is InChI=1S/C35H58O55S9/c1-68-12-9(6-73-91(41,42)43)77-33(26(15(12)69-2)88-97(59,60)61)81-18-16(70-3)25(72-5)32(83-22(18)29(36)37)79-14-11(8-75-93(47,48)49)78-34(28(90-99(65,66)67)21(14)86-95(53,54)55)82-19-17(71-4)27(89-98(62,63)64)35(84-23(19)30(38)39)80-13-10(7-74-92(44,45)46)76-31(40)24(87-96(56,57)58)20(13)85-94(50,51)52/h9-28,31-35,40H,6-8H2,1-5H3,(H,36,37)(H,38,39)(H,41,42,43)(H,44,45,46)(H,47,48,49)(H,50,51,52)(H,53,54,55)(H,56,57,58)(H,59,60,61)(H,62,63,64)(H,65,66,67)/t9-,10-,11-,12-,13-,14-,15?,16+,17+,18+,19+,20+,21+,22+,23-,24-,25-,26-,27-,28-,31?,32-,33-,34-,35-/m1/s1. The minimum Gasteiger partial charge on any atom is -0.479 e. The van der Waals surface area contributed by atoms with Crippen molar-refractivity contribution in [3.05, 3.63) is 0 Å². The Morgan fingerprint density at radius 1 is 0.283 bits per heavy atom. The molecule has 0 aromatic heterocycles. The van der Waals surface area contributed by atoms with Crippen molar-refractivity contribution >= 4 is 106 Å². The van der Waals surface area contributed by atoms with Crippen LogP contribution < -0.4 is 0 Å². The fraction of sp³-hybridized carbons (Fsp3) is 0.943. The smallest absolute Gasteiger partial charge is 0.397 e. The molecule has 0 saturated carbocycles. The van der Waals surface area contributed by atoms with Crippen LogP contribution in [0.4, 0.5) is 0 Å². The van der Waals surface area contributed by atoms with Gasteiger partial charge in [0.2, 0.25) is 0 Å². The first-order chi connectivity index (χ1) is 45.0. The Morgan fingerprint density at radius 2 is 0.515 bits per heavy atom. The van der Waals surface area contributed by atoms with Gasteiger partial charge in [0, 0.05) is 35.5 Å². The number of aliphatic carboxylic acids is 2. The first-order valence-electron chi connectivity index (χ1n) is 25.5. The minimum atomic E-state index is -6.39. The molecule has 0 spiro atoms. The molecular formula is C35H58O55S9. The van der Waals surface area contributed by atoms with Crippen molar-refractivity contribution in [3.63, 3.8) is 0 Å². The van der Waals surface area contributed by atoms with Crippen LogP contribution in [0.5, 0.6) is 0 Å². The number of carboxylic acid groups (broad SMARTS) is 2. The molecule has 0 amide bonds. The Hall–Kier alpha value is -2.83. The van der Waals surface area contributed by atoms with Crippen molar-refractivity contribution in [3.8, 4) is 0 Å². The van der Waals surface area contributed by atoms with Crippen LogP contribution in [0.2, 0.25) is 0 Å². The van der Waals surface area contributed by atoms with Gasteiger partial charge in [-0.1, -0.05) is 0 Å². The lowest BCUT2D eigenvalue weighted by molar-refractivity contribution is -0.385. The van der Waals surface area contributed by atoms with Crippen molar-refractivity contribution in [2.75, 3.05) is 55.4 Å². The largest absolute Gasteiger partial charge is 0.479 e. The first-order valence-corrected chi connectivity index (χ1v) is 37.8. The van der Waals surface area contributed by atoms with Gasteiger partial charge < -0.3 is 81.6 Å². The molecule has 0 aromatic carbocycles. The van der Waals surface area contributed by atoms with Crippen molar-refractivity contribution < 1.29 is 246 Å². The van der Waals surface area contributed by atoms with Crippen LogP contribution in [-0.2, 0) is 207 Å². The van der Waals surface area contributed by atoms with E-state index in [9.17, 15) is 142 Å². The average Bonchev–Trinajstić information content (AvgIpc) is 0.768. The van der Waals surface area contributed by atoms with Crippen LogP contribution in [-0.4, -0.2) is 353 Å². The number of ether oxygens (including phenoxy) is 14. The molecule has 2 unspecified atom stereocenters. The highest BCUT2D eigenvalue weighted by atomic mass is 32.3. The van der Waals surface area contributed by atoms with Crippen LogP contribution in [0.15, 0.2) is 0 Å². The van der Waals surface area contributed by atoms with E-state index in [1.807, 2.05) is 0 Å². The van der Waals surface area contributed by atoms with E-state index < -0.39 is 279 Å². The van der Waals surface area contributed by atoms with Gasteiger partial charge in [0.1, 0.15) is 85.5 Å². The molecule has 5 aliphatic heterocycles. The summed E-state index contributed by atoms with van der Waals surface area (Å²) in [6.45, 7) is -5.07. The van der Waals surface area contributed by atoms with Gasteiger partial charge in [0.15, 0.2) is 68.1 Å². The molecule has 582 valence electrons. The molecule has 5 aliphatic rings. The lowest BCUT2D eigenvalue weighted by Gasteiger charge is -2.51. The van der Waals surface area contributed by atoms with Gasteiger partial charge in [-0.25, -0.2) is 47.2 Å². The zero-order valence-corrected chi connectivity index (χ0v) is 56.5. The second-order valence-electron chi connectivity index (χ2n) is 19.7. The van der Waals surface area contributed by atoms with Crippen molar-refractivity contribution in [2.45, 2.75) is 154 Å². The first kappa shape index (κ1) is 86.8. The van der Waals surface area contributed by atoms with Gasteiger partial charge in [0.25, 0.3) is 0 Å². The van der Waals surface area contributed by atoms with Crippen LogP contribution in [0, 0.1) is 0 Å². The number of rotatable bonds is 36. The number of hydrogen-bond donors (Lipinski definition) is 12. The van der Waals surface area contributed by atoms with Gasteiger partial charge in [-0.2, -0.15) is 75.8 Å². The molecule has 5 saturated heterocycles. The molecule has 25 atom stereocenters. The van der Waals surface area contributed by atoms with Crippen LogP contribution >= 0.6 is 0 Å². The molecule has 5 rings (SSSR count). The molecule has 0 radical (unpaired) electrons. The summed E-state index contributed by atoms with van der Waals surface area (Å²) >= 11 is 0. The SMILES string of the molecule is COC1[C@@H](OS(=O)(=O)O)[C@@H](O[C@H]2[C@H](OC)[C@@H](OC)[C@H](O[C@H]3[C@H](OS(=O)(=O)O)[C@@H](OS(=O)(=O)O)[C@@H](O[C@H]4[C@H](OC)[C@@H](OS(=O)(=O)O)[C@H](O[C@H]5[C@H](OS(=O)(=O)O)[C@@H](OS(=O)(=O)O)C(O)O[C@@H]5COS(=O)(=O)O)O[C@H]4C(=O)O)O[C@@H]3COS(=O)(=O)O)O[C@@H]2C(=O)O)O[C@H](COS(=O)(=O)O)[C@H]1OC. The topological polar surface area (TPSA) is 796 Å². The summed E-state index contributed by atoms with van der Waals surface area (Å²) in [6.07, 6.45) is -69.9. The highest BCUT2D eigenvalue weighted by Gasteiger charge is 2.63. The molecule has 0 aliphatic carbocycles. The van der Waals surface area contributed by atoms with Gasteiger partial charge in [-0.15, -0.1) is 0 Å². The Kier molecular flexibility index (Phi) is 29.6. The average molecular weight is 1650 g/mol. The minimum absolute atomic E-state index is 0.403. The van der Waals surface area contributed by atoms with E-state index in [1.165, 1.54) is 0 Å². The summed E-state index contributed by atoms with van der Waals surface area (Å²) in [7, 11) is -50.4. The zero-order chi connectivity index (χ0) is 75.5. The van der Waals surface area contributed by atoms with E-state index in [0.29, 0.717) is 21.3 Å². The fourth-order valence-corrected chi connectivity index (χ4v) is 13.9. The molecule has 0 bridgehead atoms. The maximum atomic E-state index is 13.3. The monoisotopic (exact) mass is 1650 g/mol. The highest BCUT2D eigenvalue weighted by molar-refractivity contribution is 7.82. The lowest BCUT2D eigenvalue weighted by atomic mass is 9.95. The Labute approximate surface area is 557 Å². The molecule has 55 nitrogen and oxygen atoms in total. The summed E-state index contributed by atoms with van der Waals surface area (Å²) in [5.41, 5.74) is 0. The number of hydrogen-bond acceptors (Lipinski definition) is 44. The molecule has 5 fully saturated rings. The maximum Gasteiger partial charge on any atom is 0.397 e. The maximum absolute atomic E-state index is 13.3. The van der Waals surface area contributed by atoms with E-state index in [0.717, 1.165) is 14.2 Å². The second kappa shape index (κ2) is 33.7. The molecule has 5 heterocycles. The van der Waals surface area contributed by atoms with E-state index >= 15 is 0 Å². The predicted molar refractivity (Wildman–Crippen MR) is 285 cm³/mol. The molecule has 12 N–H and O–H groups in total. The van der Waals surface area contributed by atoms with Crippen LogP contribution in [0.3, 0.4) is 0 Å². The number of aliphatic hydroxyl groups excluding tert-OH is 1. The summed E-state index contributed by atoms with van der Waals surface area (Å²) in [6, 6.07) is 0. The summed E-state index contributed by atoms with van der Waals surface area (Å²) in [5.74, 6) is -4.78. The van der Waals surface area contributed by atoms with E-state index in [-0.39, 0.29) is 0 Å². The summed E-state index contributed by atoms with van der Waals surface area (Å²) in [5, 5.41) is 31.9. The summed E-state index contributed by atoms with van der Waals surface area (Å²) < 4.78 is 424. The molecule has 99 heavy (non-hydrogen) atoms. The zero-order valence-electron chi connectivity index (χ0n) is 49.2. The third-order valence-electron chi connectivity index (χ3n) is 13.3. The second-order valence-corrected chi connectivity index (χ2v) is 29.2. The van der Waals surface area contributed by atoms with Crippen LogP contribution in [0.25, 0.3) is 0 Å². The number of methoxy groups -OCH3 is 5. The van der Waals surface area contributed by atoms with Gasteiger partial charge in [-0.05, 0) is 0 Å². The highest BCUT2D eigenvalue weighted by Crippen LogP contribution is 2.41. The van der Waals surface area contributed by atoms with E-state index in [2.05, 4.69) is 33.5 Å². The molecule has 0 aromatic rings. The van der Waals surface area contributed by atoms with Crippen molar-refractivity contribution in [2.24, 2.45) is 0 Å². The van der Waals surface area contributed by atoms with Crippen LogP contribution in [0.1, 0.15) is 0 Å².